The molecule has 0 spiro atoms. The fraction of sp³-hybridized carbons (Fsp3) is 0.231. The smallest absolute Gasteiger partial charge is 0.292 e. The second-order valence-corrected chi connectivity index (χ2v) is 6.20. The van der Waals surface area contributed by atoms with E-state index >= 15 is 0 Å². The van der Waals surface area contributed by atoms with Gasteiger partial charge in [0.05, 0.1) is 11.6 Å². The second-order valence-electron chi connectivity index (χ2n) is 4.35. The van der Waals surface area contributed by atoms with Gasteiger partial charge in [0.15, 0.2) is 0 Å². The molecule has 6 heteroatoms. The van der Waals surface area contributed by atoms with Gasteiger partial charge in [0, 0.05) is 4.47 Å². The Morgan fingerprint density at radius 3 is 2.63 bits per heavy atom. The van der Waals surface area contributed by atoms with E-state index in [-0.39, 0.29) is 11.1 Å². The largest absolute Gasteiger partial charge is 0.294 e. The monoisotopic (exact) mass is 340 g/mol. The number of halogens is 1. The van der Waals surface area contributed by atoms with Gasteiger partial charge in [-0.05, 0) is 43.6 Å². The summed E-state index contributed by atoms with van der Waals surface area (Å²) in [6.07, 6.45) is 1.74. The van der Waals surface area contributed by atoms with Gasteiger partial charge in [-0.1, -0.05) is 34.1 Å². The van der Waals surface area contributed by atoms with E-state index in [1.165, 1.54) is 4.90 Å². The van der Waals surface area contributed by atoms with Crippen molar-refractivity contribution in [2.75, 3.05) is 20.8 Å². The van der Waals surface area contributed by atoms with Gasteiger partial charge in [-0.2, -0.15) is 0 Å². The Kier molecular flexibility index (Phi) is 4.44. The lowest BCUT2D eigenvalue weighted by molar-refractivity contribution is -0.123. The molecule has 0 unspecified atom stereocenters. The molecule has 0 aromatic heterocycles. The molecule has 0 saturated carbocycles. The maximum atomic E-state index is 12.1. The maximum absolute atomic E-state index is 12.1. The van der Waals surface area contributed by atoms with Gasteiger partial charge in [-0.25, -0.2) is 0 Å². The minimum atomic E-state index is -0.237. The number of carbonyl (C=O) groups excluding carboxylic acids is 2. The first-order valence-corrected chi connectivity index (χ1v) is 7.24. The highest BCUT2D eigenvalue weighted by Gasteiger charge is 2.35. The molecule has 0 N–H and O–H groups in total. The van der Waals surface area contributed by atoms with Crippen LogP contribution >= 0.6 is 27.7 Å². The number of nitrogens with zero attached hydrogens (tertiary/aromatic N) is 2. The Morgan fingerprint density at radius 1 is 1.32 bits per heavy atom. The first-order valence-electron chi connectivity index (χ1n) is 5.63. The standard InChI is InChI=1S/C13H13BrN2O2S/c1-15(2)8-16-12(17)11(19-13(16)18)7-9-5-3-4-6-10(9)14/h3-7H,8H2,1-2H3/b11-7+. The Bertz CT molecular complexity index is 557. The molecule has 1 aliphatic heterocycles. The van der Waals surface area contributed by atoms with Gasteiger partial charge in [0.2, 0.25) is 0 Å². The molecule has 100 valence electrons. The van der Waals surface area contributed by atoms with Crippen molar-refractivity contribution in [2.24, 2.45) is 0 Å². The Labute approximate surface area is 124 Å². The van der Waals surface area contributed by atoms with Crippen LogP contribution < -0.4 is 0 Å². The summed E-state index contributed by atoms with van der Waals surface area (Å²) in [7, 11) is 3.64. The molecule has 4 nitrogen and oxygen atoms in total. The highest BCUT2D eigenvalue weighted by atomic mass is 79.9. The summed E-state index contributed by atoms with van der Waals surface area (Å²) < 4.78 is 0.898. The number of thioether (sulfide) groups is 1. The fourth-order valence-electron chi connectivity index (χ4n) is 1.64. The molecule has 1 aliphatic rings. The molecule has 0 atom stereocenters. The molecule has 19 heavy (non-hydrogen) atoms. The Hall–Kier alpha value is -1.11. The number of imide groups is 1. The van der Waals surface area contributed by atoms with Gasteiger partial charge in [0.1, 0.15) is 0 Å². The normalized spacial score (nSPS) is 17.9. The van der Waals surface area contributed by atoms with Crippen LogP contribution in [-0.2, 0) is 4.79 Å². The summed E-state index contributed by atoms with van der Waals surface area (Å²) in [6.45, 7) is 0.304. The number of hydrogen-bond donors (Lipinski definition) is 0. The summed E-state index contributed by atoms with van der Waals surface area (Å²) in [5, 5.41) is -0.225. The average Bonchev–Trinajstić information content (AvgIpc) is 2.60. The van der Waals surface area contributed by atoms with E-state index in [0.29, 0.717) is 11.6 Å². The molecule has 1 heterocycles. The Morgan fingerprint density at radius 2 is 2.00 bits per heavy atom. The predicted octanol–water partition coefficient (Wildman–Crippen LogP) is 3.00. The third-order valence-electron chi connectivity index (χ3n) is 2.49. The molecule has 0 radical (unpaired) electrons. The lowest BCUT2D eigenvalue weighted by Crippen LogP contribution is -2.36. The molecular weight excluding hydrogens is 328 g/mol. The number of rotatable bonds is 3. The maximum Gasteiger partial charge on any atom is 0.294 e. The minimum Gasteiger partial charge on any atom is -0.292 e. The molecular formula is C13H13BrN2O2S. The topological polar surface area (TPSA) is 40.6 Å². The third-order valence-corrected chi connectivity index (χ3v) is 4.12. The van der Waals surface area contributed by atoms with Gasteiger partial charge in [0.25, 0.3) is 11.1 Å². The van der Waals surface area contributed by atoms with Crippen LogP contribution in [-0.4, -0.2) is 41.7 Å². The SMILES string of the molecule is CN(C)CN1C(=O)S/C(=C/c2ccccc2Br)C1=O. The van der Waals surface area contributed by atoms with Crippen molar-refractivity contribution in [3.63, 3.8) is 0 Å². The molecule has 0 bridgehead atoms. The summed E-state index contributed by atoms with van der Waals surface area (Å²) in [5.41, 5.74) is 0.887. The van der Waals surface area contributed by atoms with Crippen molar-refractivity contribution in [2.45, 2.75) is 0 Å². The molecule has 1 saturated heterocycles. The first-order chi connectivity index (χ1) is 8.99. The highest BCUT2D eigenvalue weighted by molar-refractivity contribution is 9.10. The lowest BCUT2D eigenvalue weighted by atomic mass is 10.2. The van der Waals surface area contributed by atoms with Crippen molar-refractivity contribution < 1.29 is 9.59 Å². The zero-order valence-corrected chi connectivity index (χ0v) is 13.0. The Balaban J connectivity index is 2.26. The van der Waals surface area contributed by atoms with Gasteiger partial charge in [-0.15, -0.1) is 0 Å². The van der Waals surface area contributed by atoms with E-state index in [1.54, 1.807) is 11.0 Å². The molecule has 2 rings (SSSR count). The molecule has 2 amide bonds. The quantitative estimate of drug-likeness (QED) is 0.793. The highest BCUT2D eigenvalue weighted by Crippen LogP contribution is 2.33. The first kappa shape index (κ1) is 14.3. The van der Waals surface area contributed by atoms with Crippen LogP contribution in [0.25, 0.3) is 6.08 Å². The van der Waals surface area contributed by atoms with Crippen molar-refractivity contribution in [1.82, 2.24) is 9.80 Å². The van der Waals surface area contributed by atoms with Gasteiger partial charge >= 0.3 is 0 Å². The van der Waals surface area contributed by atoms with Crippen LogP contribution in [0.4, 0.5) is 4.79 Å². The van der Waals surface area contributed by atoms with Gasteiger partial charge < -0.3 is 0 Å². The number of amides is 2. The summed E-state index contributed by atoms with van der Waals surface area (Å²) in [4.78, 5) is 27.4. The third kappa shape index (κ3) is 3.26. The van der Waals surface area contributed by atoms with Crippen LogP contribution in [0, 0.1) is 0 Å². The van der Waals surface area contributed by atoms with Crippen molar-refractivity contribution in [3.05, 3.63) is 39.2 Å². The molecule has 1 aromatic carbocycles. The van der Waals surface area contributed by atoms with Crippen LogP contribution in [0.2, 0.25) is 0 Å². The average molecular weight is 341 g/mol. The second kappa shape index (κ2) is 5.90. The minimum absolute atomic E-state index is 0.225. The van der Waals surface area contributed by atoms with Crippen LogP contribution in [0.15, 0.2) is 33.6 Å². The van der Waals surface area contributed by atoms with Gasteiger partial charge in [-0.3, -0.25) is 19.4 Å². The van der Waals surface area contributed by atoms with E-state index in [2.05, 4.69) is 15.9 Å². The number of carbonyl (C=O) groups is 2. The lowest BCUT2D eigenvalue weighted by Gasteiger charge is -2.17. The molecule has 0 aliphatic carbocycles. The van der Waals surface area contributed by atoms with Crippen molar-refractivity contribution in [3.8, 4) is 0 Å². The summed E-state index contributed by atoms with van der Waals surface area (Å²) in [5.74, 6) is -0.237. The zero-order chi connectivity index (χ0) is 14.0. The fourth-order valence-corrected chi connectivity index (χ4v) is 2.86. The molecule has 1 fully saturated rings. The molecule has 1 aromatic rings. The summed E-state index contributed by atoms with van der Waals surface area (Å²) >= 11 is 4.40. The van der Waals surface area contributed by atoms with Crippen LogP contribution in [0.1, 0.15) is 5.56 Å². The van der Waals surface area contributed by atoms with E-state index in [9.17, 15) is 9.59 Å². The predicted molar refractivity (Wildman–Crippen MR) is 80.5 cm³/mol. The number of hydrogen-bond acceptors (Lipinski definition) is 4. The number of benzene rings is 1. The zero-order valence-electron chi connectivity index (χ0n) is 10.6. The van der Waals surface area contributed by atoms with Crippen molar-refractivity contribution >= 4 is 44.9 Å². The van der Waals surface area contributed by atoms with E-state index in [1.807, 2.05) is 38.4 Å². The van der Waals surface area contributed by atoms with Crippen LogP contribution in [0.3, 0.4) is 0 Å². The van der Waals surface area contributed by atoms with E-state index < -0.39 is 0 Å². The van der Waals surface area contributed by atoms with E-state index in [0.717, 1.165) is 21.8 Å². The van der Waals surface area contributed by atoms with Crippen LogP contribution in [0.5, 0.6) is 0 Å². The summed E-state index contributed by atoms with van der Waals surface area (Å²) in [6, 6.07) is 7.58. The van der Waals surface area contributed by atoms with Crippen molar-refractivity contribution in [1.29, 1.82) is 0 Å². The van der Waals surface area contributed by atoms with E-state index in [4.69, 9.17) is 0 Å².